The van der Waals surface area contributed by atoms with Crippen LogP contribution in [0, 0.1) is 17.0 Å². The molecule has 0 spiro atoms. The average molecular weight is 467 g/mol. The molecule has 8 nitrogen and oxygen atoms in total. The van der Waals surface area contributed by atoms with Gasteiger partial charge in [-0.25, -0.2) is 4.79 Å². The Bertz CT molecular complexity index is 1430. The molecule has 0 radical (unpaired) electrons. The lowest BCUT2D eigenvalue weighted by Gasteiger charge is -2.17. The summed E-state index contributed by atoms with van der Waals surface area (Å²) in [4.78, 5) is 41.0. The lowest BCUT2D eigenvalue weighted by Crippen LogP contribution is -2.25. The number of hydrogen-bond acceptors (Lipinski definition) is 6. The number of fused-ring (bicyclic) bond motifs is 1. The summed E-state index contributed by atoms with van der Waals surface area (Å²) >= 11 is 0. The smallest absolute Gasteiger partial charge is 0.331 e. The van der Waals surface area contributed by atoms with Gasteiger partial charge in [-0.1, -0.05) is 60.7 Å². The number of rotatable bonds is 7. The summed E-state index contributed by atoms with van der Waals surface area (Å²) in [6.45, 7) is 1.71. The molecule has 4 aromatic rings. The van der Waals surface area contributed by atoms with Gasteiger partial charge < -0.3 is 10.1 Å². The molecule has 8 heteroatoms. The second kappa shape index (κ2) is 10.4. The number of carbonyl (C=O) groups excluding carboxylic acids is 2. The third-order valence-corrected chi connectivity index (χ3v) is 5.25. The molecule has 1 N–H and O–H groups in total. The number of carbonyl (C=O) groups is 2. The standard InChI is InChI=1S/C27H21N3O5/c1-18-12-14-22(23(17-18)30(33)34)29-27(32)26(21-7-3-2-4-8-21)35-24(31)15-13-20-10-5-9-19-11-6-16-28-25(19)20/h2-17,26H,1H3,(H,29,32)/b15-13+. The van der Waals surface area contributed by atoms with Crippen molar-refractivity contribution in [1.29, 1.82) is 0 Å². The Kier molecular flexibility index (Phi) is 6.92. The number of hydrogen-bond donors (Lipinski definition) is 1. The molecule has 0 bridgehead atoms. The first kappa shape index (κ1) is 23.3. The first-order valence-electron chi connectivity index (χ1n) is 10.8. The van der Waals surface area contributed by atoms with Gasteiger partial charge in [0.2, 0.25) is 6.10 Å². The van der Waals surface area contributed by atoms with Crippen LogP contribution < -0.4 is 5.32 Å². The maximum atomic E-state index is 13.1. The van der Waals surface area contributed by atoms with Crippen LogP contribution in [0.3, 0.4) is 0 Å². The molecule has 0 saturated carbocycles. The molecule has 1 unspecified atom stereocenters. The number of nitrogens with zero attached hydrogens (tertiary/aromatic N) is 2. The van der Waals surface area contributed by atoms with Crippen LogP contribution in [0.5, 0.6) is 0 Å². The Morgan fingerprint density at radius 1 is 1.03 bits per heavy atom. The molecule has 0 fully saturated rings. The number of amides is 1. The van der Waals surface area contributed by atoms with Crippen LogP contribution >= 0.6 is 0 Å². The van der Waals surface area contributed by atoms with Crippen molar-refractivity contribution in [2.45, 2.75) is 13.0 Å². The minimum Gasteiger partial charge on any atom is -0.444 e. The zero-order valence-electron chi connectivity index (χ0n) is 18.8. The van der Waals surface area contributed by atoms with Gasteiger partial charge in [0.25, 0.3) is 11.6 Å². The molecular formula is C27H21N3O5. The molecule has 1 aromatic heterocycles. The molecule has 0 saturated heterocycles. The van der Waals surface area contributed by atoms with Gasteiger partial charge in [0.15, 0.2) is 0 Å². The van der Waals surface area contributed by atoms with Crippen LogP contribution in [0.4, 0.5) is 11.4 Å². The number of anilines is 1. The number of nitrogens with one attached hydrogen (secondary N) is 1. The molecule has 0 aliphatic carbocycles. The molecule has 3 aromatic carbocycles. The van der Waals surface area contributed by atoms with E-state index in [0.717, 1.165) is 16.5 Å². The monoisotopic (exact) mass is 467 g/mol. The summed E-state index contributed by atoms with van der Waals surface area (Å²) in [6, 6.07) is 22.2. The van der Waals surface area contributed by atoms with Crippen molar-refractivity contribution in [3.63, 3.8) is 0 Å². The Balaban J connectivity index is 1.58. The van der Waals surface area contributed by atoms with Gasteiger partial charge in [-0.2, -0.15) is 0 Å². The van der Waals surface area contributed by atoms with Gasteiger partial charge in [-0.15, -0.1) is 0 Å². The number of pyridine rings is 1. The fourth-order valence-electron chi connectivity index (χ4n) is 3.57. The molecule has 4 rings (SSSR count). The van der Waals surface area contributed by atoms with Crippen LogP contribution in [0.25, 0.3) is 17.0 Å². The lowest BCUT2D eigenvalue weighted by atomic mass is 10.1. The van der Waals surface area contributed by atoms with Crippen molar-refractivity contribution in [3.8, 4) is 0 Å². The SMILES string of the molecule is Cc1ccc(NC(=O)C(OC(=O)/C=C/c2cccc3cccnc23)c2ccccc2)c([N+](=O)[O-])c1. The quantitative estimate of drug-likeness (QED) is 0.169. The largest absolute Gasteiger partial charge is 0.444 e. The average Bonchev–Trinajstić information content (AvgIpc) is 2.87. The number of nitro groups is 1. The van der Waals surface area contributed by atoms with Crippen LogP contribution in [0.1, 0.15) is 22.8 Å². The van der Waals surface area contributed by atoms with E-state index in [4.69, 9.17) is 4.74 Å². The molecule has 0 aliphatic heterocycles. The van der Waals surface area contributed by atoms with Crippen LogP contribution in [0.2, 0.25) is 0 Å². The van der Waals surface area contributed by atoms with Gasteiger partial charge in [0, 0.05) is 34.9 Å². The Labute approximate surface area is 201 Å². The number of benzene rings is 3. The summed E-state index contributed by atoms with van der Waals surface area (Å²) in [5.41, 5.74) is 2.31. The minimum atomic E-state index is -1.32. The highest BCUT2D eigenvalue weighted by atomic mass is 16.6. The Morgan fingerprint density at radius 3 is 2.57 bits per heavy atom. The van der Waals surface area contributed by atoms with Crippen LogP contribution in [-0.4, -0.2) is 21.8 Å². The van der Waals surface area contributed by atoms with Crippen molar-refractivity contribution in [1.82, 2.24) is 4.98 Å². The Morgan fingerprint density at radius 2 is 1.80 bits per heavy atom. The zero-order chi connectivity index (χ0) is 24.8. The fourth-order valence-corrected chi connectivity index (χ4v) is 3.57. The third-order valence-electron chi connectivity index (χ3n) is 5.25. The number of ether oxygens (including phenoxy) is 1. The maximum Gasteiger partial charge on any atom is 0.331 e. The van der Waals surface area contributed by atoms with E-state index in [1.807, 2.05) is 30.3 Å². The first-order chi connectivity index (χ1) is 16.9. The van der Waals surface area contributed by atoms with Gasteiger partial charge in [-0.05, 0) is 30.7 Å². The summed E-state index contributed by atoms with van der Waals surface area (Å²) in [7, 11) is 0. The van der Waals surface area contributed by atoms with Crippen molar-refractivity contribution >= 4 is 40.2 Å². The highest BCUT2D eigenvalue weighted by Crippen LogP contribution is 2.28. The van der Waals surface area contributed by atoms with Gasteiger partial charge >= 0.3 is 5.97 Å². The molecule has 1 heterocycles. The molecular weight excluding hydrogens is 446 g/mol. The highest BCUT2D eigenvalue weighted by Gasteiger charge is 2.26. The van der Waals surface area contributed by atoms with E-state index in [0.29, 0.717) is 11.1 Å². The van der Waals surface area contributed by atoms with Gasteiger partial charge in [0.1, 0.15) is 5.69 Å². The normalized spacial score (nSPS) is 11.8. The zero-order valence-corrected chi connectivity index (χ0v) is 18.8. The second-order valence-corrected chi connectivity index (χ2v) is 7.75. The van der Waals surface area contributed by atoms with Crippen molar-refractivity contribution in [3.05, 3.63) is 118 Å². The van der Waals surface area contributed by atoms with Gasteiger partial charge in [-0.3, -0.25) is 19.9 Å². The Hall–Kier alpha value is -4.85. The van der Waals surface area contributed by atoms with E-state index in [-0.39, 0.29) is 11.4 Å². The highest BCUT2D eigenvalue weighted by molar-refractivity contribution is 5.99. The number of nitro benzene ring substituents is 1. The van der Waals surface area contributed by atoms with Crippen LogP contribution in [0.15, 0.2) is 91.1 Å². The third kappa shape index (κ3) is 5.56. The number of aryl methyl sites for hydroxylation is 1. The van der Waals surface area contributed by atoms with Crippen molar-refractivity contribution in [2.75, 3.05) is 5.32 Å². The predicted octanol–water partition coefficient (Wildman–Crippen LogP) is 5.39. The fraction of sp³-hybridized carbons (Fsp3) is 0.0741. The van der Waals surface area contributed by atoms with E-state index < -0.39 is 22.9 Å². The van der Waals surface area contributed by atoms with Gasteiger partial charge in [0.05, 0.1) is 10.4 Å². The molecule has 1 atom stereocenters. The first-order valence-corrected chi connectivity index (χ1v) is 10.8. The van der Waals surface area contributed by atoms with E-state index >= 15 is 0 Å². The van der Waals surface area contributed by atoms with E-state index in [9.17, 15) is 19.7 Å². The van der Waals surface area contributed by atoms with Crippen LogP contribution in [-0.2, 0) is 14.3 Å². The summed E-state index contributed by atoms with van der Waals surface area (Å²) < 4.78 is 5.50. The van der Waals surface area contributed by atoms with E-state index in [1.54, 1.807) is 55.6 Å². The second-order valence-electron chi connectivity index (χ2n) is 7.75. The summed E-state index contributed by atoms with van der Waals surface area (Å²) in [6.07, 6.45) is 3.14. The topological polar surface area (TPSA) is 111 Å². The molecule has 0 aliphatic rings. The van der Waals surface area contributed by atoms with E-state index in [1.165, 1.54) is 18.2 Å². The van der Waals surface area contributed by atoms with Crippen molar-refractivity contribution < 1.29 is 19.2 Å². The molecule has 1 amide bonds. The number of para-hydroxylation sites is 1. The minimum absolute atomic E-state index is 0.0138. The van der Waals surface area contributed by atoms with Crippen molar-refractivity contribution in [2.24, 2.45) is 0 Å². The predicted molar refractivity (Wildman–Crippen MR) is 133 cm³/mol. The van der Waals surface area contributed by atoms with E-state index in [2.05, 4.69) is 10.3 Å². The number of aromatic nitrogens is 1. The molecule has 174 valence electrons. The summed E-state index contributed by atoms with van der Waals surface area (Å²) in [5, 5.41) is 14.9. The maximum absolute atomic E-state index is 13.1. The number of esters is 1. The lowest BCUT2D eigenvalue weighted by molar-refractivity contribution is -0.384. The molecule has 35 heavy (non-hydrogen) atoms. The summed E-state index contributed by atoms with van der Waals surface area (Å²) in [5.74, 6) is -1.46.